The first kappa shape index (κ1) is 21.5. The molecule has 0 unspecified atom stereocenters. The molecule has 0 radical (unpaired) electrons. The van der Waals surface area contributed by atoms with Gasteiger partial charge < -0.3 is 9.88 Å². The van der Waals surface area contributed by atoms with Gasteiger partial charge in [-0.25, -0.2) is 0 Å². The molecule has 0 spiro atoms. The molecule has 33 heavy (non-hydrogen) atoms. The second kappa shape index (κ2) is 9.63. The standard InChI is InChI=1S/C27H26N4OS/c1-19(26(32)28-24-15-9-8-14-23(24)21-12-6-3-7-13-21)33-27-30-29-25(22-16-17-22)31(27)18-20-10-4-2-5-11-20/h2-15,19,22H,16-18H2,1H3,(H,28,32)/t19-/m1/s1. The predicted molar refractivity (Wildman–Crippen MR) is 133 cm³/mol. The van der Waals surface area contributed by atoms with Crippen LogP contribution in [0.15, 0.2) is 90.1 Å². The number of nitrogens with one attached hydrogen (secondary N) is 1. The molecule has 1 saturated carbocycles. The van der Waals surface area contributed by atoms with Crippen LogP contribution in [0.3, 0.4) is 0 Å². The zero-order chi connectivity index (χ0) is 22.6. The second-order valence-corrected chi connectivity index (χ2v) is 9.66. The Bertz CT molecular complexity index is 1240. The Morgan fingerprint density at radius 2 is 1.64 bits per heavy atom. The molecule has 4 aromatic rings. The van der Waals surface area contributed by atoms with E-state index in [0.29, 0.717) is 12.5 Å². The van der Waals surface area contributed by atoms with Crippen LogP contribution in [0.5, 0.6) is 0 Å². The average Bonchev–Trinajstić information content (AvgIpc) is 3.63. The van der Waals surface area contributed by atoms with Crippen LogP contribution in [0.1, 0.15) is 37.1 Å². The number of aromatic nitrogens is 3. The summed E-state index contributed by atoms with van der Waals surface area (Å²) in [6.07, 6.45) is 2.31. The highest BCUT2D eigenvalue weighted by atomic mass is 32.2. The Kier molecular flexibility index (Phi) is 6.26. The third-order valence-corrected chi connectivity index (χ3v) is 6.87. The first-order valence-corrected chi connectivity index (χ1v) is 12.2. The fourth-order valence-corrected chi connectivity index (χ4v) is 4.71. The van der Waals surface area contributed by atoms with Gasteiger partial charge in [-0.05, 0) is 37.0 Å². The van der Waals surface area contributed by atoms with Crippen molar-refractivity contribution < 1.29 is 4.79 Å². The predicted octanol–water partition coefficient (Wildman–Crippen LogP) is 5.99. The molecule has 5 nitrogen and oxygen atoms in total. The lowest BCUT2D eigenvalue weighted by molar-refractivity contribution is -0.115. The van der Waals surface area contributed by atoms with E-state index in [4.69, 9.17) is 0 Å². The lowest BCUT2D eigenvalue weighted by Crippen LogP contribution is -2.23. The maximum atomic E-state index is 13.1. The van der Waals surface area contributed by atoms with Crippen molar-refractivity contribution >= 4 is 23.4 Å². The molecule has 3 aromatic carbocycles. The molecule has 5 rings (SSSR count). The number of hydrogen-bond donors (Lipinski definition) is 1. The van der Waals surface area contributed by atoms with Gasteiger partial charge in [-0.15, -0.1) is 10.2 Å². The van der Waals surface area contributed by atoms with Crippen molar-refractivity contribution in [3.63, 3.8) is 0 Å². The van der Waals surface area contributed by atoms with E-state index < -0.39 is 0 Å². The molecule has 1 fully saturated rings. The van der Waals surface area contributed by atoms with Crippen molar-refractivity contribution in [2.24, 2.45) is 0 Å². The van der Waals surface area contributed by atoms with E-state index in [9.17, 15) is 4.79 Å². The fourth-order valence-electron chi connectivity index (χ4n) is 3.85. The molecular formula is C27H26N4OS. The summed E-state index contributed by atoms with van der Waals surface area (Å²) in [5.41, 5.74) is 4.10. The van der Waals surface area contributed by atoms with Gasteiger partial charge >= 0.3 is 0 Å². The summed E-state index contributed by atoms with van der Waals surface area (Å²) < 4.78 is 2.18. The van der Waals surface area contributed by atoms with Gasteiger partial charge in [-0.1, -0.05) is 90.6 Å². The Morgan fingerprint density at radius 3 is 2.36 bits per heavy atom. The molecule has 0 saturated heterocycles. The number of amides is 1. The molecule has 1 heterocycles. The van der Waals surface area contributed by atoms with Crippen LogP contribution in [-0.2, 0) is 11.3 Å². The molecule has 6 heteroatoms. The maximum absolute atomic E-state index is 13.1. The molecule has 1 aromatic heterocycles. The van der Waals surface area contributed by atoms with Gasteiger partial charge in [0.2, 0.25) is 5.91 Å². The van der Waals surface area contributed by atoms with Crippen molar-refractivity contribution in [3.8, 4) is 11.1 Å². The number of benzene rings is 3. The average molecular weight is 455 g/mol. The SMILES string of the molecule is C[C@@H](Sc1nnc(C2CC2)n1Cc1ccccc1)C(=O)Nc1ccccc1-c1ccccc1. The van der Waals surface area contributed by atoms with Gasteiger partial charge in [-0.2, -0.15) is 0 Å². The highest BCUT2D eigenvalue weighted by Crippen LogP contribution is 2.40. The van der Waals surface area contributed by atoms with Gasteiger partial charge in [-0.3, -0.25) is 4.79 Å². The van der Waals surface area contributed by atoms with Crippen LogP contribution in [0.4, 0.5) is 5.69 Å². The molecular weight excluding hydrogens is 428 g/mol. The van der Waals surface area contributed by atoms with Gasteiger partial charge in [0.1, 0.15) is 5.82 Å². The van der Waals surface area contributed by atoms with Crippen LogP contribution in [0.25, 0.3) is 11.1 Å². The fraction of sp³-hybridized carbons (Fsp3) is 0.222. The van der Waals surface area contributed by atoms with Crippen LogP contribution in [0.2, 0.25) is 0 Å². The summed E-state index contributed by atoms with van der Waals surface area (Å²) >= 11 is 1.46. The zero-order valence-electron chi connectivity index (χ0n) is 18.5. The summed E-state index contributed by atoms with van der Waals surface area (Å²) in [5, 5.41) is 12.5. The number of hydrogen-bond acceptors (Lipinski definition) is 4. The van der Waals surface area contributed by atoms with Crippen LogP contribution in [-0.4, -0.2) is 25.9 Å². The van der Waals surface area contributed by atoms with Crippen molar-refractivity contribution in [2.75, 3.05) is 5.32 Å². The second-order valence-electron chi connectivity index (χ2n) is 8.35. The van der Waals surface area contributed by atoms with E-state index in [1.807, 2.05) is 67.6 Å². The lowest BCUT2D eigenvalue weighted by Gasteiger charge is -2.16. The van der Waals surface area contributed by atoms with Gasteiger partial charge in [0.15, 0.2) is 5.16 Å². The number of thioether (sulfide) groups is 1. The van der Waals surface area contributed by atoms with Crippen molar-refractivity contribution in [3.05, 3.63) is 96.3 Å². The monoisotopic (exact) mass is 454 g/mol. The minimum Gasteiger partial charge on any atom is -0.325 e. The van der Waals surface area contributed by atoms with E-state index >= 15 is 0 Å². The molecule has 0 aliphatic heterocycles. The Hall–Kier alpha value is -3.38. The molecule has 166 valence electrons. The molecule has 1 aliphatic carbocycles. The zero-order valence-corrected chi connectivity index (χ0v) is 19.3. The van der Waals surface area contributed by atoms with Gasteiger partial charge in [0, 0.05) is 17.2 Å². The quantitative estimate of drug-likeness (QED) is 0.332. The highest BCUT2D eigenvalue weighted by Gasteiger charge is 2.31. The lowest BCUT2D eigenvalue weighted by atomic mass is 10.0. The Balaban J connectivity index is 1.34. The van der Waals surface area contributed by atoms with Crippen molar-refractivity contribution in [1.82, 2.24) is 14.8 Å². The number of rotatable bonds is 8. The van der Waals surface area contributed by atoms with Gasteiger partial charge in [0.25, 0.3) is 0 Å². The first-order valence-electron chi connectivity index (χ1n) is 11.3. The minimum atomic E-state index is -0.320. The summed E-state index contributed by atoms with van der Waals surface area (Å²) in [4.78, 5) is 13.1. The Labute approximate surface area is 198 Å². The van der Waals surface area contributed by atoms with Crippen molar-refractivity contribution in [2.45, 2.75) is 42.6 Å². The van der Waals surface area contributed by atoms with E-state index in [1.54, 1.807) is 0 Å². The highest BCUT2D eigenvalue weighted by molar-refractivity contribution is 8.00. The summed E-state index contributed by atoms with van der Waals surface area (Å²) in [7, 11) is 0. The number of anilines is 1. The molecule has 1 atom stereocenters. The van der Waals surface area contributed by atoms with Crippen LogP contribution < -0.4 is 5.32 Å². The summed E-state index contributed by atoms with van der Waals surface area (Å²) in [6.45, 7) is 2.64. The molecule has 1 N–H and O–H groups in total. The Morgan fingerprint density at radius 1 is 0.970 bits per heavy atom. The third-order valence-electron chi connectivity index (χ3n) is 5.79. The van der Waals surface area contributed by atoms with E-state index in [2.05, 4.69) is 44.3 Å². The topological polar surface area (TPSA) is 59.8 Å². The van der Waals surface area contributed by atoms with Gasteiger partial charge in [0.05, 0.1) is 11.8 Å². The van der Waals surface area contributed by atoms with E-state index in [1.165, 1.54) is 17.3 Å². The van der Waals surface area contributed by atoms with E-state index in [0.717, 1.165) is 40.6 Å². The van der Waals surface area contributed by atoms with Crippen molar-refractivity contribution in [1.29, 1.82) is 0 Å². The number of nitrogens with zero attached hydrogens (tertiary/aromatic N) is 3. The molecule has 0 bridgehead atoms. The summed E-state index contributed by atoms with van der Waals surface area (Å²) in [6, 6.07) is 28.3. The van der Waals surface area contributed by atoms with Crippen LogP contribution >= 0.6 is 11.8 Å². The minimum absolute atomic E-state index is 0.0504. The maximum Gasteiger partial charge on any atom is 0.237 e. The largest absolute Gasteiger partial charge is 0.325 e. The molecule has 1 amide bonds. The van der Waals surface area contributed by atoms with Crippen LogP contribution in [0, 0.1) is 0 Å². The number of carbonyl (C=O) groups excluding carboxylic acids is 1. The first-order chi connectivity index (χ1) is 16.2. The molecule has 1 aliphatic rings. The summed E-state index contributed by atoms with van der Waals surface area (Å²) in [5.74, 6) is 1.46. The smallest absolute Gasteiger partial charge is 0.237 e. The van der Waals surface area contributed by atoms with E-state index in [-0.39, 0.29) is 11.2 Å². The number of carbonyl (C=O) groups is 1. The third kappa shape index (κ3) is 5.01. The normalized spacial score (nSPS) is 14.1. The number of para-hydroxylation sites is 1.